The standard InChI is InChI=1S/C27H24N2O5/c1-31-19-12-11-14(13-20(19)32-2)21-22-24(28)15-7-3-5-9-17(15)29-26(22)34-25-16-8-4-6-10-18(16)33-27(30)23(21)25/h4,6,8,10-13,21H,3,5,7,9H2,1-2H3,(H2,28,29). The van der Waals surface area contributed by atoms with Gasteiger partial charge in [0.25, 0.3) is 0 Å². The maximum Gasteiger partial charge on any atom is 0.344 e. The van der Waals surface area contributed by atoms with Crippen molar-refractivity contribution in [1.82, 2.24) is 4.98 Å². The maximum atomic E-state index is 13.4. The molecule has 0 bridgehead atoms. The number of nitrogen functional groups attached to an aromatic ring is 1. The Balaban J connectivity index is 1.69. The fourth-order valence-electron chi connectivity index (χ4n) is 5.22. The van der Waals surface area contributed by atoms with Crippen molar-refractivity contribution in [2.75, 3.05) is 20.0 Å². The third kappa shape index (κ3) is 2.96. The van der Waals surface area contributed by atoms with Crippen LogP contribution in [0.15, 0.2) is 51.7 Å². The Labute approximate surface area is 196 Å². The number of methoxy groups -OCH3 is 2. The van der Waals surface area contributed by atoms with Crippen LogP contribution >= 0.6 is 0 Å². The molecule has 0 saturated heterocycles. The number of nitrogens with two attached hydrogens (primary N) is 1. The zero-order valence-electron chi connectivity index (χ0n) is 19.0. The Morgan fingerprint density at radius 2 is 1.79 bits per heavy atom. The van der Waals surface area contributed by atoms with Crippen LogP contribution in [-0.2, 0) is 12.8 Å². The number of benzene rings is 2. The Morgan fingerprint density at radius 1 is 1.00 bits per heavy atom. The Morgan fingerprint density at radius 3 is 2.62 bits per heavy atom. The number of hydrogen-bond donors (Lipinski definition) is 1. The van der Waals surface area contributed by atoms with Gasteiger partial charge < -0.3 is 24.4 Å². The van der Waals surface area contributed by atoms with E-state index in [2.05, 4.69) is 0 Å². The van der Waals surface area contributed by atoms with E-state index in [4.69, 9.17) is 29.3 Å². The molecule has 34 heavy (non-hydrogen) atoms. The van der Waals surface area contributed by atoms with Crippen LogP contribution < -0.4 is 25.6 Å². The summed E-state index contributed by atoms with van der Waals surface area (Å²) in [5.74, 6) is 1.53. The number of aryl methyl sites for hydroxylation is 1. The summed E-state index contributed by atoms with van der Waals surface area (Å²) in [5.41, 5.74) is 11.4. The number of hydrogen-bond acceptors (Lipinski definition) is 7. The molecular formula is C27H24N2O5. The van der Waals surface area contributed by atoms with Crippen molar-refractivity contribution in [3.8, 4) is 23.1 Å². The minimum Gasteiger partial charge on any atom is -0.493 e. The molecule has 7 heteroatoms. The fourth-order valence-corrected chi connectivity index (χ4v) is 5.22. The zero-order valence-corrected chi connectivity index (χ0v) is 19.0. The van der Waals surface area contributed by atoms with Crippen molar-refractivity contribution in [3.05, 3.63) is 80.8 Å². The lowest BCUT2D eigenvalue weighted by Gasteiger charge is -2.31. The average Bonchev–Trinajstić information content (AvgIpc) is 2.87. The lowest BCUT2D eigenvalue weighted by atomic mass is 9.80. The summed E-state index contributed by atoms with van der Waals surface area (Å²) >= 11 is 0. The summed E-state index contributed by atoms with van der Waals surface area (Å²) in [6, 6.07) is 13.0. The average molecular weight is 456 g/mol. The summed E-state index contributed by atoms with van der Waals surface area (Å²) < 4.78 is 23.1. The van der Waals surface area contributed by atoms with E-state index in [1.807, 2.05) is 36.4 Å². The number of aromatic nitrogens is 1. The van der Waals surface area contributed by atoms with Gasteiger partial charge >= 0.3 is 5.63 Å². The topological polar surface area (TPSA) is 96.8 Å². The molecule has 1 aliphatic heterocycles. The predicted molar refractivity (Wildman–Crippen MR) is 128 cm³/mol. The van der Waals surface area contributed by atoms with Crippen LogP contribution in [0, 0.1) is 0 Å². The molecule has 2 N–H and O–H groups in total. The number of rotatable bonds is 3. The van der Waals surface area contributed by atoms with Gasteiger partial charge in [0.15, 0.2) is 17.2 Å². The van der Waals surface area contributed by atoms with E-state index < -0.39 is 11.5 Å². The molecule has 2 aromatic carbocycles. The second-order valence-corrected chi connectivity index (χ2v) is 8.65. The van der Waals surface area contributed by atoms with Crippen LogP contribution in [0.4, 0.5) is 5.69 Å². The molecule has 0 saturated carbocycles. The summed E-state index contributed by atoms with van der Waals surface area (Å²) in [5, 5.41) is 0.714. The second-order valence-electron chi connectivity index (χ2n) is 8.65. The van der Waals surface area contributed by atoms with Gasteiger partial charge in [0.05, 0.1) is 36.7 Å². The van der Waals surface area contributed by atoms with Gasteiger partial charge in [-0.25, -0.2) is 9.78 Å². The highest BCUT2D eigenvalue weighted by Gasteiger charge is 2.38. The highest BCUT2D eigenvalue weighted by molar-refractivity contribution is 5.87. The van der Waals surface area contributed by atoms with E-state index >= 15 is 0 Å². The first-order chi connectivity index (χ1) is 16.6. The van der Waals surface area contributed by atoms with Crippen LogP contribution in [0.1, 0.15) is 46.7 Å². The first-order valence-electron chi connectivity index (χ1n) is 11.4. The number of para-hydroxylation sites is 1. The molecule has 4 aromatic rings. The minimum atomic E-state index is -0.529. The van der Waals surface area contributed by atoms with E-state index in [-0.39, 0.29) is 0 Å². The van der Waals surface area contributed by atoms with Gasteiger partial charge in [0.2, 0.25) is 5.88 Å². The number of fused-ring (bicyclic) bond motifs is 5. The predicted octanol–water partition coefficient (Wildman–Crippen LogP) is 4.95. The molecule has 2 aliphatic rings. The molecule has 6 rings (SSSR count). The third-order valence-corrected chi connectivity index (χ3v) is 6.84. The number of pyridine rings is 1. The molecule has 7 nitrogen and oxygen atoms in total. The van der Waals surface area contributed by atoms with Crippen LogP contribution in [0.2, 0.25) is 0 Å². The zero-order chi connectivity index (χ0) is 23.4. The second kappa shape index (κ2) is 7.80. The van der Waals surface area contributed by atoms with Crippen molar-refractivity contribution in [2.45, 2.75) is 31.6 Å². The van der Waals surface area contributed by atoms with Crippen LogP contribution in [0.5, 0.6) is 23.1 Å². The molecule has 0 fully saturated rings. The van der Waals surface area contributed by atoms with Gasteiger partial charge in [0, 0.05) is 11.4 Å². The first kappa shape index (κ1) is 20.6. The fraction of sp³-hybridized carbons (Fsp3) is 0.259. The highest BCUT2D eigenvalue weighted by Crippen LogP contribution is 2.52. The van der Waals surface area contributed by atoms with E-state index in [1.54, 1.807) is 20.3 Å². The Hall–Kier alpha value is -4.00. The Bertz CT molecular complexity index is 1510. The van der Waals surface area contributed by atoms with Gasteiger partial charge in [-0.05, 0) is 61.1 Å². The summed E-state index contributed by atoms with van der Waals surface area (Å²) in [4.78, 5) is 18.3. The van der Waals surface area contributed by atoms with E-state index in [1.165, 1.54) is 0 Å². The van der Waals surface area contributed by atoms with Crippen molar-refractivity contribution < 1.29 is 18.6 Å². The number of ether oxygens (including phenoxy) is 3. The lowest BCUT2D eigenvalue weighted by molar-refractivity contribution is 0.354. The molecule has 0 amide bonds. The van der Waals surface area contributed by atoms with Gasteiger partial charge in [-0.1, -0.05) is 18.2 Å². The van der Waals surface area contributed by atoms with Crippen LogP contribution in [0.3, 0.4) is 0 Å². The normalized spacial score (nSPS) is 16.2. The van der Waals surface area contributed by atoms with Gasteiger partial charge in [-0.15, -0.1) is 0 Å². The first-order valence-corrected chi connectivity index (χ1v) is 11.4. The number of nitrogens with zero attached hydrogens (tertiary/aromatic N) is 1. The quantitative estimate of drug-likeness (QED) is 0.384. The van der Waals surface area contributed by atoms with Crippen molar-refractivity contribution >= 4 is 16.7 Å². The third-order valence-electron chi connectivity index (χ3n) is 6.84. The molecule has 1 unspecified atom stereocenters. The van der Waals surface area contributed by atoms with Crippen LogP contribution in [0.25, 0.3) is 11.0 Å². The van der Waals surface area contributed by atoms with Crippen molar-refractivity contribution in [2.24, 2.45) is 0 Å². The summed E-state index contributed by atoms with van der Waals surface area (Å²) in [7, 11) is 3.17. The van der Waals surface area contributed by atoms with Gasteiger partial charge in [0.1, 0.15) is 5.58 Å². The summed E-state index contributed by atoms with van der Waals surface area (Å²) in [6.45, 7) is 0. The lowest BCUT2D eigenvalue weighted by Crippen LogP contribution is -2.24. The van der Waals surface area contributed by atoms with Crippen molar-refractivity contribution in [1.29, 1.82) is 0 Å². The minimum absolute atomic E-state index is 0.405. The smallest absolute Gasteiger partial charge is 0.344 e. The van der Waals surface area contributed by atoms with Crippen molar-refractivity contribution in [3.63, 3.8) is 0 Å². The molecule has 172 valence electrons. The van der Waals surface area contributed by atoms with Gasteiger partial charge in [-0.2, -0.15) is 0 Å². The monoisotopic (exact) mass is 456 g/mol. The highest BCUT2D eigenvalue weighted by atomic mass is 16.5. The van der Waals surface area contributed by atoms with Gasteiger partial charge in [-0.3, -0.25) is 0 Å². The molecule has 3 heterocycles. The van der Waals surface area contributed by atoms with E-state index in [0.29, 0.717) is 50.9 Å². The molecule has 0 radical (unpaired) electrons. The molecular weight excluding hydrogens is 432 g/mol. The van der Waals surface area contributed by atoms with E-state index in [0.717, 1.165) is 42.5 Å². The SMILES string of the molecule is COc1ccc(C2c3c(nc4c(c3N)CCCC4)Oc3c2c(=O)oc2ccccc32)cc1OC. The molecule has 2 aromatic heterocycles. The Kier molecular flexibility index (Phi) is 4.72. The molecule has 1 atom stereocenters. The largest absolute Gasteiger partial charge is 0.493 e. The van der Waals surface area contributed by atoms with Crippen LogP contribution in [-0.4, -0.2) is 19.2 Å². The molecule has 1 aliphatic carbocycles. The maximum absolute atomic E-state index is 13.4. The van der Waals surface area contributed by atoms with E-state index in [9.17, 15) is 4.79 Å². The summed E-state index contributed by atoms with van der Waals surface area (Å²) in [6.07, 6.45) is 3.85. The number of anilines is 1. The molecule has 0 spiro atoms.